The summed E-state index contributed by atoms with van der Waals surface area (Å²) in [6.07, 6.45) is 12.8. The Morgan fingerprint density at radius 1 is 0.181 bits per heavy atom. The first-order valence-corrected chi connectivity index (χ1v) is 38.1. The first-order chi connectivity index (χ1) is 56.7. The van der Waals surface area contributed by atoms with Crippen molar-refractivity contribution < 1.29 is 0 Å². The highest BCUT2D eigenvalue weighted by Crippen LogP contribution is 2.35. The van der Waals surface area contributed by atoms with E-state index in [0.717, 1.165) is 174 Å². The number of rotatable bonds is 12. The van der Waals surface area contributed by atoms with Crippen molar-refractivity contribution in [3.8, 4) is 135 Å². The molecule has 558 valence electrons. The van der Waals surface area contributed by atoms with E-state index in [1.54, 1.807) is 18.6 Å². The summed E-state index contributed by atoms with van der Waals surface area (Å²) >= 11 is 0. The van der Waals surface area contributed by atoms with Gasteiger partial charge in [0.25, 0.3) is 0 Å². The van der Waals surface area contributed by atoms with Crippen molar-refractivity contribution in [3.63, 3.8) is 0 Å². The van der Waals surface area contributed by atoms with E-state index in [4.69, 9.17) is 0 Å². The fraction of sp³-hybridized carbons (Fsp3) is 0.0808. The Morgan fingerprint density at radius 3 is 0.957 bits per heavy atom. The quantitative estimate of drug-likeness (QED) is 0.111. The predicted molar refractivity (Wildman–Crippen MR) is 464 cm³/mol. The lowest BCUT2D eigenvalue weighted by atomic mass is 9.97. The third-order valence-corrected chi connectivity index (χ3v) is 19.5. The van der Waals surface area contributed by atoms with Crippen LogP contribution in [0.3, 0.4) is 0 Å². The van der Waals surface area contributed by atoms with Crippen molar-refractivity contribution in [1.82, 2.24) is 84.7 Å². The Hall–Kier alpha value is -15.2. The summed E-state index contributed by atoms with van der Waals surface area (Å²) in [7, 11) is 0. The number of nitrogens with zero attached hydrogens (tertiary/aromatic N) is 17. The highest BCUT2D eigenvalue weighted by molar-refractivity contribution is 5.97. The van der Waals surface area contributed by atoms with Crippen LogP contribution in [0.2, 0.25) is 0 Å². The van der Waals surface area contributed by atoms with Crippen molar-refractivity contribution in [2.75, 3.05) is 0 Å². The maximum atomic E-state index is 4.63. The number of benzene rings is 11. The van der Waals surface area contributed by atoms with Crippen LogP contribution in [0.1, 0.15) is 46.6 Å². The van der Waals surface area contributed by atoms with Crippen LogP contribution < -0.4 is 0 Å². The molecule has 19 aromatic rings. The number of fused-ring (bicyclic) bond motifs is 3. The second-order valence-electron chi connectivity index (χ2n) is 27.9. The van der Waals surface area contributed by atoms with Crippen LogP contribution in [0.15, 0.2) is 322 Å². The summed E-state index contributed by atoms with van der Waals surface area (Å²) in [6, 6.07) is 96.3. The van der Waals surface area contributed by atoms with E-state index in [2.05, 4.69) is 297 Å². The molecule has 0 spiro atoms. The van der Waals surface area contributed by atoms with E-state index in [-0.39, 0.29) is 0 Å². The van der Waals surface area contributed by atoms with Crippen LogP contribution in [0.5, 0.6) is 0 Å². The van der Waals surface area contributed by atoms with Crippen LogP contribution in [0.4, 0.5) is 0 Å². The lowest BCUT2D eigenvalue weighted by Crippen LogP contribution is -1.98. The summed E-state index contributed by atoms with van der Waals surface area (Å²) in [5, 5.41) is 7.07. The monoisotopic (exact) mass is 1500 g/mol. The molecule has 0 N–H and O–H groups in total. The maximum Gasteiger partial charge on any atom is 0.163 e. The first kappa shape index (κ1) is 74.8. The normalized spacial score (nSPS) is 10.9. The average molecular weight is 1500 g/mol. The van der Waals surface area contributed by atoms with E-state index in [1.165, 1.54) is 16.2 Å². The summed E-state index contributed by atoms with van der Waals surface area (Å²) in [6.45, 7) is 15.1. The molecule has 17 nitrogen and oxygen atoms in total. The van der Waals surface area contributed by atoms with Gasteiger partial charge in [0, 0.05) is 97.8 Å². The number of hydrogen-bond acceptors (Lipinski definition) is 17. The molecular weight excluding hydrogens is 1430 g/mol. The molecule has 0 bridgehead atoms. The zero-order valence-corrected chi connectivity index (χ0v) is 65.2. The Morgan fingerprint density at radius 2 is 0.534 bits per heavy atom. The van der Waals surface area contributed by atoms with Crippen molar-refractivity contribution in [3.05, 3.63) is 369 Å². The molecule has 0 saturated heterocycles. The molecule has 0 amide bonds. The molecule has 0 aliphatic heterocycles. The Balaban J connectivity index is 0.000000116. The highest BCUT2D eigenvalue weighted by atomic mass is 15.0. The molecule has 0 aliphatic rings. The van der Waals surface area contributed by atoms with Gasteiger partial charge in [0.05, 0.1) is 23.3 Å². The van der Waals surface area contributed by atoms with Crippen LogP contribution in [-0.4, -0.2) is 84.7 Å². The third kappa shape index (κ3) is 17.7. The standard InChI is InChI=1S/3C26H20N4.C21H17N5/c1-17-28-18(2)30-26(29-17)22-8-5-7-21(14-22)19-10-12-20(13-11-19)25-16-27-15-23-6-3-4-9-24(23)25;1-17-28-18(2)30-26(29-17)23-8-5-7-22(16-23)19-10-12-21(13-11-19)25-24-9-4-3-6-20(24)14-15-27-25;1-17-28-18(2)30-26(29-17)23-9-5-8-21(14-23)19-10-12-20(13-11-19)25-15-22-6-3-4-7-24(22)16-27-25;1-14-24-15(2)26-21(25-14)19-5-3-4-18(12-19)16-6-8-17(9-7-16)20-13-22-10-11-23-20/h3*3-16H,1-2H3;3-13H,1-2H3. The number of pyridine rings is 3. The van der Waals surface area contributed by atoms with Gasteiger partial charge in [-0.15, -0.1) is 0 Å². The van der Waals surface area contributed by atoms with Crippen molar-refractivity contribution >= 4 is 32.3 Å². The number of aromatic nitrogens is 17. The zero-order valence-electron chi connectivity index (χ0n) is 65.2. The average Bonchev–Trinajstić information content (AvgIpc) is 0.797. The van der Waals surface area contributed by atoms with E-state index < -0.39 is 0 Å². The third-order valence-electron chi connectivity index (χ3n) is 19.5. The molecule has 0 unspecified atom stereocenters. The molecule has 0 aliphatic carbocycles. The SMILES string of the molecule is Cc1nc(C)nc(-c2cccc(-c3ccc(-c4cc5ccccc5cn4)cc3)c2)n1.Cc1nc(C)nc(-c2cccc(-c3ccc(-c4cncc5ccccc45)cc3)c2)n1.Cc1nc(C)nc(-c2cccc(-c3ccc(-c4cnccn4)cc3)c2)n1.Cc1nc(C)nc(-c2cccc(-c3ccc(-c4nccc5ccccc45)cc3)c2)n1. The van der Waals surface area contributed by atoms with Gasteiger partial charge in [-0.3, -0.25) is 24.9 Å². The van der Waals surface area contributed by atoms with Gasteiger partial charge >= 0.3 is 0 Å². The minimum absolute atomic E-state index is 0.702. The van der Waals surface area contributed by atoms with Crippen molar-refractivity contribution in [2.24, 2.45) is 0 Å². The van der Waals surface area contributed by atoms with E-state index in [1.807, 2.05) is 147 Å². The van der Waals surface area contributed by atoms with E-state index in [9.17, 15) is 0 Å². The Labute approximate surface area is 672 Å². The Kier molecular flexibility index (Phi) is 22.0. The van der Waals surface area contributed by atoms with E-state index >= 15 is 0 Å². The van der Waals surface area contributed by atoms with Crippen molar-refractivity contribution in [1.29, 1.82) is 0 Å². The molecule has 0 atom stereocenters. The fourth-order valence-electron chi connectivity index (χ4n) is 14.0. The smallest absolute Gasteiger partial charge is 0.163 e. The molecule has 8 heterocycles. The molecule has 0 radical (unpaired) electrons. The van der Waals surface area contributed by atoms with Gasteiger partial charge < -0.3 is 0 Å². The summed E-state index contributed by atoms with van der Waals surface area (Å²) in [5.74, 6) is 8.67. The largest absolute Gasteiger partial charge is 0.263 e. The molecule has 19 rings (SSSR count). The zero-order chi connectivity index (χ0) is 79.4. The van der Waals surface area contributed by atoms with Crippen LogP contribution >= 0.6 is 0 Å². The summed E-state index contributed by atoms with van der Waals surface area (Å²) in [4.78, 5) is 75.0. The first-order valence-electron chi connectivity index (χ1n) is 38.1. The van der Waals surface area contributed by atoms with Gasteiger partial charge in [-0.2, -0.15) is 0 Å². The van der Waals surface area contributed by atoms with Gasteiger partial charge in [-0.05, 0) is 158 Å². The van der Waals surface area contributed by atoms with Crippen LogP contribution in [0.25, 0.3) is 167 Å². The topological polar surface area (TPSA) is 219 Å². The lowest BCUT2D eigenvalue weighted by Gasteiger charge is -2.09. The second-order valence-corrected chi connectivity index (χ2v) is 27.9. The maximum absolute atomic E-state index is 4.63. The summed E-state index contributed by atoms with van der Waals surface area (Å²) < 4.78 is 0. The molecule has 8 aromatic heterocycles. The number of hydrogen-bond donors (Lipinski definition) is 0. The molecular formula is C99H77N17. The summed E-state index contributed by atoms with van der Waals surface area (Å²) in [5.41, 5.74) is 21.4. The molecule has 116 heavy (non-hydrogen) atoms. The molecule has 0 saturated carbocycles. The van der Waals surface area contributed by atoms with Crippen LogP contribution in [0, 0.1) is 55.4 Å². The minimum atomic E-state index is 0.702. The molecule has 0 fully saturated rings. The molecule has 11 aromatic carbocycles. The fourth-order valence-corrected chi connectivity index (χ4v) is 14.0. The predicted octanol–water partition coefficient (Wildman–Crippen LogP) is 22.4. The van der Waals surface area contributed by atoms with Gasteiger partial charge in [-0.25, -0.2) is 59.8 Å². The van der Waals surface area contributed by atoms with Gasteiger partial charge in [0.1, 0.15) is 46.6 Å². The Bertz CT molecular complexity index is 6430. The lowest BCUT2D eigenvalue weighted by molar-refractivity contribution is 0.928. The van der Waals surface area contributed by atoms with E-state index in [0.29, 0.717) is 23.3 Å². The minimum Gasteiger partial charge on any atom is -0.263 e. The second kappa shape index (κ2) is 34.2. The van der Waals surface area contributed by atoms with Gasteiger partial charge in [0.15, 0.2) is 23.3 Å². The number of aryl methyl sites for hydroxylation is 8. The van der Waals surface area contributed by atoms with Crippen LogP contribution in [-0.2, 0) is 0 Å². The van der Waals surface area contributed by atoms with Gasteiger partial charge in [-0.1, -0.05) is 243 Å². The van der Waals surface area contributed by atoms with Gasteiger partial charge in [0.2, 0.25) is 0 Å². The van der Waals surface area contributed by atoms with Crippen molar-refractivity contribution in [2.45, 2.75) is 55.4 Å². The molecule has 17 heteroatoms. The highest BCUT2D eigenvalue weighted by Gasteiger charge is 2.15.